The number of allylic oxidation sites excluding steroid dienone is 2. The fourth-order valence-corrected chi connectivity index (χ4v) is 3.00. The molecule has 0 amide bonds. The van der Waals surface area contributed by atoms with Crippen molar-refractivity contribution in [2.45, 2.75) is 54.9 Å². The van der Waals surface area contributed by atoms with E-state index in [2.05, 4.69) is 32.9 Å². The highest BCUT2D eigenvalue weighted by molar-refractivity contribution is 6.45. The summed E-state index contributed by atoms with van der Waals surface area (Å²) in [7, 11) is 0. The van der Waals surface area contributed by atoms with Crippen molar-refractivity contribution in [2.75, 3.05) is 10.6 Å². The lowest BCUT2D eigenvalue weighted by Gasteiger charge is -2.17. The molecule has 0 aliphatic rings. The molecule has 1 aromatic heterocycles. The highest BCUT2D eigenvalue weighted by atomic mass is 35.5. The molecule has 4 N–H and O–H groups in total. The number of hydrogen-bond donors (Lipinski definition) is 4. The zero-order valence-electron chi connectivity index (χ0n) is 19.2. The minimum absolute atomic E-state index is 0.488. The number of benzene rings is 1. The van der Waals surface area contributed by atoms with Gasteiger partial charge < -0.3 is 15.8 Å². The normalized spacial score (nSPS) is 13.9. The quantitative estimate of drug-likeness (QED) is 0.176. The van der Waals surface area contributed by atoms with Crippen LogP contribution < -0.4 is 10.6 Å². The van der Waals surface area contributed by atoms with Gasteiger partial charge in [0.25, 0.3) is 0 Å². The fourth-order valence-electron chi connectivity index (χ4n) is 2.91. The van der Waals surface area contributed by atoms with Gasteiger partial charge in [-0.3, -0.25) is 5.10 Å². The van der Waals surface area contributed by atoms with Crippen LogP contribution >= 0.6 is 11.6 Å². The molecule has 1 heterocycles. The molecule has 166 valence electrons. The number of nitrogens with zero attached hydrogens (tertiary/aromatic N) is 3. The largest absolute Gasteiger partial charge is 0.411 e. The number of H-pyrrole nitrogens is 1. The molecule has 2 aromatic rings. The second-order valence-electron chi connectivity index (χ2n) is 7.43. The molecule has 0 saturated heterocycles. The van der Waals surface area contributed by atoms with Crippen LogP contribution in [0.4, 0.5) is 11.5 Å². The second-order valence-corrected chi connectivity index (χ2v) is 7.84. The average molecular weight is 443 g/mol. The van der Waals surface area contributed by atoms with E-state index >= 15 is 0 Å². The Labute approximate surface area is 189 Å². The van der Waals surface area contributed by atoms with Gasteiger partial charge in [0.15, 0.2) is 11.7 Å². The van der Waals surface area contributed by atoms with E-state index in [0.717, 1.165) is 40.1 Å². The van der Waals surface area contributed by atoms with Gasteiger partial charge in [-0.15, -0.1) is 0 Å². The van der Waals surface area contributed by atoms with Crippen LogP contribution in [0.25, 0.3) is 0 Å². The van der Waals surface area contributed by atoms with Crippen LogP contribution in [0.1, 0.15) is 56.5 Å². The number of hydrogen-bond acceptors (Lipinski definition) is 5. The summed E-state index contributed by atoms with van der Waals surface area (Å²) in [6, 6.07) is 5.91. The summed E-state index contributed by atoms with van der Waals surface area (Å²) in [5.74, 6) is 1.85. The number of aliphatic imine (C=N–C) groups is 1. The molecular weight excluding hydrogens is 412 g/mol. The highest BCUT2D eigenvalue weighted by Crippen LogP contribution is 2.25. The lowest BCUT2D eigenvalue weighted by Crippen LogP contribution is -2.15. The van der Waals surface area contributed by atoms with Crippen LogP contribution in [0.2, 0.25) is 0 Å². The van der Waals surface area contributed by atoms with Crippen LogP contribution in [-0.2, 0) is 0 Å². The first kappa shape index (κ1) is 24.2. The summed E-state index contributed by atoms with van der Waals surface area (Å²) in [5, 5.41) is 26.7. The van der Waals surface area contributed by atoms with E-state index in [1.54, 1.807) is 13.0 Å². The van der Waals surface area contributed by atoms with Crippen molar-refractivity contribution in [3.05, 3.63) is 63.1 Å². The molecule has 0 saturated carbocycles. The predicted octanol–water partition coefficient (Wildman–Crippen LogP) is 6.24. The third kappa shape index (κ3) is 6.21. The molecule has 0 aliphatic carbocycles. The first-order valence-electron chi connectivity index (χ1n) is 10.2. The topological polar surface area (TPSA) is 97.7 Å². The molecule has 0 unspecified atom stereocenters. The van der Waals surface area contributed by atoms with E-state index < -0.39 is 0 Å². The maximum atomic E-state index is 9.14. The molecule has 8 heteroatoms. The van der Waals surface area contributed by atoms with Crippen molar-refractivity contribution in [1.82, 2.24) is 10.2 Å². The molecule has 0 fully saturated rings. The standard InChI is InChI=1S/C23H31ClN6O/c1-8-13(3)22(25-20-11-14(4)18(10-15(20)5)17(7)30-31)27-23(19(24)9-2)26-21-12-16(6)28-29-21/h9-12,25,31H,8H2,1-7H3,(H2,26,27,28,29)/b19-9+,22-13+,30-17+. The number of aryl methyl sites for hydroxylation is 3. The number of rotatable bonds is 7. The molecule has 0 atom stereocenters. The number of aromatic amines is 1. The third-order valence-electron chi connectivity index (χ3n) is 4.95. The Morgan fingerprint density at radius 3 is 2.42 bits per heavy atom. The van der Waals surface area contributed by atoms with Gasteiger partial charge >= 0.3 is 0 Å². The van der Waals surface area contributed by atoms with Crippen LogP contribution in [0.15, 0.2) is 50.8 Å². The molecule has 0 bridgehead atoms. The molecule has 0 radical (unpaired) electrons. The monoisotopic (exact) mass is 442 g/mol. The molecule has 1 aromatic carbocycles. The van der Waals surface area contributed by atoms with E-state index in [1.807, 2.05) is 52.8 Å². The molecule has 0 spiro atoms. The van der Waals surface area contributed by atoms with Gasteiger partial charge in [-0.05, 0) is 76.8 Å². The van der Waals surface area contributed by atoms with Crippen LogP contribution in [0.5, 0.6) is 0 Å². The highest BCUT2D eigenvalue weighted by Gasteiger charge is 2.13. The average Bonchev–Trinajstić information content (AvgIpc) is 3.17. The van der Waals surface area contributed by atoms with Crippen LogP contribution in [0, 0.1) is 20.8 Å². The molecule has 7 nitrogen and oxygen atoms in total. The summed E-state index contributed by atoms with van der Waals surface area (Å²) in [4.78, 5) is 4.82. The number of nitrogens with one attached hydrogen (secondary N) is 3. The first-order chi connectivity index (χ1) is 14.7. The van der Waals surface area contributed by atoms with Crippen molar-refractivity contribution in [3.63, 3.8) is 0 Å². The van der Waals surface area contributed by atoms with E-state index in [4.69, 9.17) is 21.8 Å². The Balaban J connectivity index is 2.49. The van der Waals surface area contributed by atoms with Crippen LogP contribution in [-0.4, -0.2) is 27.0 Å². The molecule has 31 heavy (non-hydrogen) atoms. The maximum absolute atomic E-state index is 9.14. The van der Waals surface area contributed by atoms with Gasteiger partial charge in [0.2, 0.25) is 0 Å². The Morgan fingerprint density at radius 2 is 1.87 bits per heavy atom. The van der Waals surface area contributed by atoms with E-state index in [1.165, 1.54) is 0 Å². The molecule has 2 rings (SSSR count). The van der Waals surface area contributed by atoms with Crippen molar-refractivity contribution >= 4 is 34.7 Å². The summed E-state index contributed by atoms with van der Waals surface area (Å²) >= 11 is 6.45. The van der Waals surface area contributed by atoms with Gasteiger partial charge in [0, 0.05) is 23.0 Å². The first-order valence-corrected chi connectivity index (χ1v) is 10.5. The van der Waals surface area contributed by atoms with Gasteiger partial charge in [-0.25, -0.2) is 4.99 Å². The van der Waals surface area contributed by atoms with Crippen molar-refractivity contribution in [3.8, 4) is 0 Å². The number of aromatic nitrogens is 2. The zero-order chi connectivity index (χ0) is 23.1. The summed E-state index contributed by atoms with van der Waals surface area (Å²) in [6.45, 7) is 13.7. The second kappa shape index (κ2) is 10.8. The summed E-state index contributed by atoms with van der Waals surface area (Å²) in [6.07, 6.45) is 2.60. The Kier molecular flexibility index (Phi) is 8.45. The van der Waals surface area contributed by atoms with Gasteiger partial charge in [-0.1, -0.05) is 29.8 Å². The third-order valence-corrected chi connectivity index (χ3v) is 5.35. The Hall–Kier alpha value is -3.06. The van der Waals surface area contributed by atoms with E-state index in [0.29, 0.717) is 28.2 Å². The number of anilines is 2. The van der Waals surface area contributed by atoms with E-state index in [-0.39, 0.29) is 0 Å². The number of amidine groups is 1. The van der Waals surface area contributed by atoms with Crippen molar-refractivity contribution < 1.29 is 5.21 Å². The van der Waals surface area contributed by atoms with E-state index in [9.17, 15) is 0 Å². The predicted molar refractivity (Wildman–Crippen MR) is 131 cm³/mol. The van der Waals surface area contributed by atoms with Crippen LogP contribution in [0.3, 0.4) is 0 Å². The molecular formula is C23H31ClN6O. The number of oxime groups is 1. The summed E-state index contributed by atoms with van der Waals surface area (Å²) < 4.78 is 0. The zero-order valence-corrected chi connectivity index (χ0v) is 19.9. The van der Waals surface area contributed by atoms with Gasteiger partial charge in [0.05, 0.1) is 10.7 Å². The van der Waals surface area contributed by atoms with Gasteiger partial charge in [-0.2, -0.15) is 5.10 Å². The van der Waals surface area contributed by atoms with Gasteiger partial charge in [0.1, 0.15) is 5.82 Å². The maximum Gasteiger partial charge on any atom is 0.153 e. The smallest absolute Gasteiger partial charge is 0.153 e. The molecule has 0 aliphatic heterocycles. The lowest BCUT2D eigenvalue weighted by molar-refractivity contribution is 0.319. The lowest BCUT2D eigenvalue weighted by atomic mass is 10.0. The minimum Gasteiger partial charge on any atom is -0.411 e. The van der Waals surface area contributed by atoms with Crippen molar-refractivity contribution in [1.29, 1.82) is 0 Å². The summed E-state index contributed by atoms with van der Waals surface area (Å²) in [5.41, 5.74) is 6.42. The fraction of sp³-hybridized carbons (Fsp3) is 0.348. The van der Waals surface area contributed by atoms with Crippen molar-refractivity contribution in [2.24, 2.45) is 10.1 Å². The minimum atomic E-state index is 0.488. The Bertz CT molecular complexity index is 1060. The Morgan fingerprint density at radius 1 is 1.16 bits per heavy atom. The SMILES string of the molecule is C\C=C(Cl)/C(=N\C(Nc1cc(C)c(/C(C)=N/O)cc1C)=C(/C)CC)Nc1cc(C)[nH]n1. The number of halogens is 1.